The molecule has 3 aromatic carbocycles. The highest BCUT2D eigenvalue weighted by Crippen LogP contribution is 2.43. The molecule has 3 aromatic rings. The van der Waals surface area contributed by atoms with E-state index in [0.717, 1.165) is 11.1 Å². The van der Waals surface area contributed by atoms with Crippen LogP contribution >= 0.6 is 23.2 Å². The van der Waals surface area contributed by atoms with E-state index in [1.807, 2.05) is 30.3 Å². The van der Waals surface area contributed by atoms with Gasteiger partial charge in [-0.25, -0.2) is 0 Å². The van der Waals surface area contributed by atoms with Crippen LogP contribution in [0.3, 0.4) is 0 Å². The summed E-state index contributed by atoms with van der Waals surface area (Å²) >= 11 is 12.5. The maximum absolute atomic E-state index is 13.5. The number of rotatable bonds is 7. The molecule has 2 aliphatic rings. The molecule has 0 aliphatic carbocycles. The lowest BCUT2D eigenvalue weighted by atomic mass is 9.71. The van der Waals surface area contributed by atoms with Crippen molar-refractivity contribution in [1.82, 2.24) is 9.80 Å². The van der Waals surface area contributed by atoms with Gasteiger partial charge in [-0.3, -0.25) is 9.59 Å². The normalized spacial score (nSPS) is 20.6. The van der Waals surface area contributed by atoms with E-state index in [4.69, 9.17) is 28.9 Å². The Morgan fingerprint density at radius 2 is 1.37 bits per heavy atom. The zero-order valence-corrected chi connectivity index (χ0v) is 26.0. The largest absolute Gasteiger partial charge is 0.416 e. The zero-order chi connectivity index (χ0) is 33.5. The maximum Gasteiger partial charge on any atom is 0.416 e. The quantitative estimate of drug-likeness (QED) is 0.259. The number of benzene rings is 3. The van der Waals surface area contributed by atoms with Crippen LogP contribution in [0.5, 0.6) is 0 Å². The van der Waals surface area contributed by atoms with E-state index in [1.54, 1.807) is 18.2 Å². The molecule has 246 valence electrons. The molecule has 1 atom stereocenters. The molecular weight excluding hydrogens is 655 g/mol. The fraction of sp³-hybridized carbons (Fsp3) is 0.394. The minimum Gasteiger partial charge on any atom is -0.369 e. The minimum atomic E-state index is -5.08. The van der Waals surface area contributed by atoms with E-state index in [-0.39, 0.29) is 30.1 Å². The number of likely N-dealkylation sites (tertiary alicyclic amines) is 2. The summed E-state index contributed by atoms with van der Waals surface area (Å²) < 4.78 is 81.1. The van der Waals surface area contributed by atoms with E-state index in [1.165, 1.54) is 4.90 Å². The van der Waals surface area contributed by atoms with E-state index < -0.39 is 45.8 Å². The van der Waals surface area contributed by atoms with Gasteiger partial charge in [-0.15, -0.1) is 0 Å². The molecule has 46 heavy (non-hydrogen) atoms. The van der Waals surface area contributed by atoms with Crippen LogP contribution in [0.4, 0.5) is 26.3 Å². The molecule has 2 N–H and O–H groups in total. The standard InChI is InChI=1S/C33H31Cl2F6N3O2/c34-26-7-6-23(19-27(26)35)30(8-12-43-13-10-31(11-14-43,29(42)46)22-4-2-1-3-5-22)9-15-44(20-30)28(45)21-16-24(32(36,37)38)18-25(17-21)33(39,40)41/h1-7,16-19H,8-15,20H2,(H2,42,46). The van der Waals surface area contributed by atoms with Crippen LogP contribution in [0.1, 0.15) is 58.3 Å². The van der Waals surface area contributed by atoms with Crippen LogP contribution in [0.15, 0.2) is 66.7 Å². The Hall–Kier alpha value is -3.28. The SMILES string of the molecule is NC(=O)C1(c2ccccc2)CCN(CCC2(c3ccc(Cl)c(Cl)c3)CCN(C(=O)c3cc(C(F)(F)F)cc(C(F)(F)F)c3)C2)CC1. The lowest BCUT2D eigenvalue weighted by molar-refractivity contribution is -0.143. The van der Waals surface area contributed by atoms with Crippen LogP contribution in [-0.2, 0) is 28.0 Å². The Morgan fingerprint density at radius 1 is 0.761 bits per heavy atom. The minimum absolute atomic E-state index is 0.00406. The molecule has 2 amide bonds. The van der Waals surface area contributed by atoms with Crippen molar-refractivity contribution in [3.8, 4) is 0 Å². The molecule has 13 heteroatoms. The highest BCUT2D eigenvalue weighted by molar-refractivity contribution is 6.42. The summed E-state index contributed by atoms with van der Waals surface area (Å²) in [6, 6.07) is 15.4. The van der Waals surface area contributed by atoms with Gasteiger partial charge in [0.2, 0.25) is 5.91 Å². The second-order valence-electron chi connectivity index (χ2n) is 12.1. The van der Waals surface area contributed by atoms with Crippen LogP contribution in [-0.4, -0.2) is 54.3 Å². The van der Waals surface area contributed by atoms with Gasteiger partial charge in [-0.1, -0.05) is 59.6 Å². The Kier molecular flexibility index (Phi) is 9.43. The van der Waals surface area contributed by atoms with Crippen LogP contribution in [0.2, 0.25) is 10.0 Å². The number of amides is 2. The summed E-state index contributed by atoms with van der Waals surface area (Å²) in [4.78, 5) is 29.6. The second-order valence-corrected chi connectivity index (χ2v) is 12.9. The third-order valence-electron chi connectivity index (χ3n) is 9.42. The van der Waals surface area contributed by atoms with Gasteiger partial charge < -0.3 is 15.5 Å². The predicted octanol–water partition coefficient (Wildman–Crippen LogP) is 7.72. The van der Waals surface area contributed by atoms with Crippen LogP contribution in [0, 0.1) is 0 Å². The Labute approximate surface area is 272 Å². The van der Waals surface area contributed by atoms with E-state index >= 15 is 0 Å². The number of carbonyl (C=O) groups excluding carboxylic acids is 2. The summed E-state index contributed by atoms with van der Waals surface area (Å²) in [6.07, 6.45) is -8.25. The van der Waals surface area contributed by atoms with Crippen LogP contribution in [0.25, 0.3) is 0 Å². The fourth-order valence-corrected chi connectivity index (χ4v) is 6.98. The molecule has 1 unspecified atom stereocenters. The van der Waals surface area contributed by atoms with Gasteiger partial charge in [-0.05, 0) is 86.8 Å². The zero-order valence-electron chi connectivity index (χ0n) is 24.5. The summed E-state index contributed by atoms with van der Waals surface area (Å²) in [5.41, 5.74) is 2.22. The number of halogens is 8. The van der Waals surface area contributed by atoms with Gasteiger partial charge in [0, 0.05) is 24.1 Å². The van der Waals surface area contributed by atoms with Gasteiger partial charge in [-0.2, -0.15) is 26.3 Å². The first kappa shape index (κ1) is 34.1. The average molecular weight is 687 g/mol. The lowest BCUT2D eigenvalue weighted by Crippen LogP contribution is -2.50. The van der Waals surface area contributed by atoms with Gasteiger partial charge in [0.1, 0.15) is 0 Å². The molecule has 0 saturated carbocycles. The second kappa shape index (κ2) is 12.7. The van der Waals surface area contributed by atoms with Crippen molar-refractivity contribution in [3.63, 3.8) is 0 Å². The third-order valence-corrected chi connectivity index (χ3v) is 10.2. The number of carbonyl (C=O) groups is 2. The van der Waals surface area contributed by atoms with Gasteiger partial charge >= 0.3 is 12.4 Å². The summed E-state index contributed by atoms with van der Waals surface area (Å²) in [7, 11) is 0. The van der Waals surface area contributed by atoms with Crippen molar-refractivity contribution >= 4 is 35.0 Å². The summed E-state index contributed by atoms with van der Waals surface area (Å²) in [5.74, 6) is -1.32. The molecule has 2 saturated heterocycles. The smallest absolute Gasteiger partial charge is 0.369 e. The topological polar surface area (TPSA) is 66.6 Å². The van der Waals surface area contributed by atoms with E-state index in [9.17, 15) is 35.9 Å². The Balaban J connectivity index is 1.39. The number of hydrogen-bond acceptors (Lipinski definition) is 3. The first-order valence-electron chi connectivity index (χ1n) is 14.7. The summed E-state index contributed by atoms with van der Waals surface area (Å²) in [5, 5.41) is 0.595. The highest BCUT2D eigenvalue weighted by Gasteiger charge is 2.45. The van der Waals surface area contributed by atoms with E-state index in [0.29, 0.717) is 62.5 Å². The molecule has 0 radical (unpaired) electrons. The molecule has 2 aliphatic heterocycles. The Morgan fingerprint density at radius 3 is 1.91 bits per heavy atom. The molecule has 0 spiro atoms. The predicted molar refractivity (Wildman–Crippen MR) is 163 cm³/mol. The first-order valence-corrected chi connectivity index (χ1v) is 15.4. The fourth-order valence-electron chi connectivity index (χ4n) is 6.68. The monoisotopic (exact) mass is 685 g/mol. The molecule has 2 fully saturated rings. The third kappa shape index (κ3) is 6.87. The highest BCUT2D eigenvalue weighted by atomic mass is 35.5. The van der Waals surface area contributed by atoms with Crippen molar-refractivity contribution in [1.29, 1.82) is 0 Å². The number of nitrogens with zero attached hydrogens (tertiary/aromatic N) is 2. The maximum atomic E-state index is 13.5. The Bertz CT molecular complexity index is 1570. The number of piperidine rings is 1. The van der Waals surface area contributed by atoms with Gasteiger partial charge in [0.05, 0.1) is 26.6 Å². The first-order chi connectivity index (χ1) is 21.5. The number of alkyl halides is 6. The molecule has 2 heterocycles. The van der Waals surface area contributed by atoms with Crippen molar-refractivity contribution in [2.45, 2.75) is 48.9 Å². The van der Waals surface area contributed by atoms with Gasteiger partial charge in [0.15, 0.2) is 0 Å². The van der Waals surface area contributed by atoms with Gasteiger partial charge in [0.25, 0.3) is 5.91 Å². The van der Waals surface area contributed by atoms with Crippen molar-refractivity contribution < 1.29 is 35.9 Å². The number of primary amides is 1. The molecular formula is C33H31Cl2F6N3O2. The van der Waals surface area contributed by atoms with Crippen molar-refractivity contribution in [2.24, 2.45) is 5.73 Å². The molecule has 5 rings (SSSR count). The van der Waals surface area contributed by atoms with Crippen LogP contribution < -0.4 is 5.73 Å². The average Bonchev–Trinajstić information content (AvgIpc) is 3.46. The number of nitrogens with two attached hydrogens (primary N) is 1. The summed E-state index contributed by atoms with van der Waals surface area (Å²) in [6.45, 7) is 1.85. The van der Waals surface area contributed by atoms with Crippen molar-refractivity contribution in [3.05, 3.63) is 105 Å². The number of hydrogen-bond donors (Lipinski definition) is 1. The molecule has 5 nitrogen and oxygen atoms in total. The molecule has 0 aromatic heterocycles. The van der Waals surface area contributed by atoms with Crippen molar-refractivity contribution in [2.75, 3.05) is 32.7 Å². The van der Waals surface area contributed by atoms with E-state index in [2.05, 4.69) is 4.90 Å². The lowest BCUT2D eigenvalue weighted by Gasteiger charge is -2.41. The molecule has 0 bridgehead atoms.